The molecular formula is C52H35BN2O2S. The third-order valence-corrected chi connectivity index (χ3v) is 13.6. The van der Waals surface area contributed by atoms with Gasteiger partial charge in [-0.2, -0.15) is 0 Å². The topological polar surface area (TPSA) is 30.5 Å². The molecule has 0 atom stereocenters. The van der Waals surface area contributed by atoms with E-state index in [0.29, 0.717) is 0 Å². The number of rotatable bonds is 2. The van der Waals surface area contributed by atoms with E-state index in [1.807, 2.05) is 0 Å². The van der Waals surface area contributed by atoms with Crippen LogP contribution in [-0.4, -0.2) is 11.3 Å². The van der Waals surface area contributed by atoms with Crippen LogP contribution in [0.2, 0.25) is 0 Å². The monoisotopic (exact) mass is 762 g/mol. The van der Waals surface area contributed by atoms with E-state index >= 15 is 0 Å². The van der Waals surface area contributed by atoms with Crippen LogP contribution in [0.3, 0.4) is 0 Å². The van der Waals surface area contributed by atoms with E-state index in [-0.39, 0.29) is 12.3 Å². The fourth-order valence-corrected chi connectivity index (χ4v) is 10.9. The van der Waals surface area contributed by atoms with E-state index in [0.717, 1.165) is 60.1 Å². The molecule has 0 aliphatic carbocycles. The van der Waals surface area contributed by atoms with Crippen molar-refractivity contribution in [1.82, 2.24) is 4.48 Å². The minimum Gasteiger partial charge on any atom is -0.455 e. The lowest BCUT2D eigenvalue weighted by Crippen LogP contribution is -2.56. The zero-order valence-electron chi connectivity index (χ0n) is 32.2. The second-order valence-corrected chi connectivity index (χ2v) is 17.9. The Balaban J connectivity index is 1.21. The molecular weight excluding hydrogens is 727 g/mol. The molecule has 3 aliphatic rings. The SMILES string of the molecule is CC(C)(C)c1ccc(N2c3cc4c(cc3B3c5c2cc2ccccc2c5-c2cccc5c6oc7ccccc7c6n3c25)Oc2ccccc2S4)c(-c2ccccc2)c1. The lowest BCUT2D eigenvalue weighted by atomic mass is 9.44. The molecule has 4 nitrogen and oxygen atoms in total. The number of ether oxygens (including phenoxy) is 1. The number of anilines is 3. The molecule has 2 aromatic heterocycles. The Kier molecular flexibility index (Phi) is 6.43. The maximum atomic E-state index is 6.83. The van der Waals surface area contributed by atoms with Crippen LogP contribution >= 0.6 is 11.8 Å². The summed E-state index contributed by atoms with van der Waals surface area (Å²) >= 11 is 1.79. The Morgan fingerprint density at radius 1 is 0.569 bits per heavy atom. The van der Waals surface area contributed by atoms with Gasteiger partial charge in [-0.3, -0.25) is 0 Å². The first-order valence-electron chi connectivity index (χ1n) is 20.0. The summed E-state index contributed by atoms with van der Waals surface area (Å²) in [6, 6.07) is 57.7. The molecule has 0 N–H and O–H groups in total. The van der Waals surface area contributed by atoms with Crippen molar-refractivity contribution in [3.8, 4) is 33.8 Å². The summed E-state index contributed by atoms with van der Waals surface area (Å²) in [6.07, 6.45) is 0. The zero-order chi connectivity index (χ0) is 38.4. The second-order valence-electron chi connectivity index (χ2n) is 16.8. The van der Waals surface area contributed by atoms with Crippen LogP contribution in [0.4, 0.5) is 17.1 Å². The van der Waals surface area contributed by atoms with Crippen LogP contribution in [0, 0.1) is 0 Å². The Hall–Kier alpha value is -6.63. The number of para-hydroxylation sites is 3. The van der Waals surface area contributed by atoms with Gasteiger partial charge in [0.25, 0.3) is 0 Å². The third-order valence-electron chi connectivity index (χ3n) is 12.5. The molecule has 58 heavy (non-hydrogen) atoms. The smallest absolute Gasteiger partial charge is 0.333 e. The van der Waals surface area contributed by atoms with E-state index in [4.69, 9.17) is 9.15 Å². The molecule has 10 aromatic rings. The Labute approximate surface area is 340 Å². The standard InChI is InChI=1S/C52H35BN2O2S/c1-52(2,3)32-24-25-39(37(27-32)30-14-5-4-6-15-30)54-40-29-46-44(56-43-22-11-12-23-45(43)58-46)28-38(40)53-48-41(54)26-31-16-7-8-17-33(31)47(48)35-19-13-20-36-49(35)55(53)50-34-18-9-10-21-42(34)57-51(36)50/h4-29H,1-3H3. The van der Waals surface area contributed by atoms with Crippen LogP contribution in [0.1, 0.15) is 26.3 Å². The van der Waals surface area contributed by atoms with E-state index in [2.05, 4.69) is 188 Å². The van der Waals surface area contributed by atoms with Gasteiger partial charge in [0.05, 0.1) is 21.0 Å². The number of fused-ring (bicyclic) bond motifs is 13. The molecule has 3 aliphatic heterocycles. The lowest BCUT2D eigenvalue weighted by Gasteiger charge is -2.42. The molecule has 274 valence electrons. The number of aromatic nitrogens is 1. The molecule has 0 radical (unpaired) electrons. The average Bonchev–Trinajstić information content (AvgIpc) is 3.79. The van der Waals surface area contributed by atoms with Crippen molar-refractivity contribution < 1.29 is 9.15 Å². The second kappa shape index (κ2) is 11.5. The molecule has 5 heterocycles. The molecule has 0 saturated carbocycles. The predicted octanol–water partition coefficient (Wildman–Crippen LogP) is 13.3. The molecule has 0 saturated heterocycles. The summed E-state index contributed by atoms with van der Waals surface area (Å²) < 4.78 is 16.2. The first-order chi connectivity index (χ1) is 28.4. The van der Waals surface area contributed by atoms with Crippen molar-refractivity contribution >= 4 is 90.3 Å². The van der Waals surface area contributed by atoms with Gasteiger partial charge in [-0.15, -0.1) is 0 Å². The summed E-state index contributed by atoms with van der Waals surface area (Å²) in [7, 11) is 0. The number of hydrogen-bond donors (Lipinski definition) is 0. The highest BCUT2D eigenvalue weighted by Crippen LogP contribution is 2.54. The van der Waals surface area contributed by atoms with Crippen LogP contribution in [-0.2, 0) is 5.41 Å². The van der Waals surface area contributed by atoms with Crippen molar-refractivity contribution in [2.45, 2.75) is 36.0 Å². The highest BCUT2D eigenvalue weighted by molar-refractivity contribution is 7.99. The highest BCUT2D eigenvalue weighted by Gasteiger charge is 2.45. The maximum Gasteiger partial charge on any atom is 0.333 e. The molecule has 0 amide bonds. The average molecular weight is 763 g/mol. The van der Waals surface area contributed by atoms with Gasteiger partial charge < -0.3 is 18.5 Å². The van der Waals surface area contributed by atoms with Crippen molar-refractivity contribution in [3.05, 3.63) is 163 Å². The van der Waals surface area contributed by atoms with E-state index in [1.54, 1.807) is 11.8 Å². The van der Waals surface area contributed by atoms with Gasteiger partial charge in [0.1, 0.15) is 17.1 Å². The molecule has 0 unspecified atom stereocenters. The van der Waals surface area contributed by atoms with Crippen molar-refractivity contribution in [2.75, 3.05) is 4.90 Å². The van der Waals surface area contributed by atoms with Crippen LogP contribution in [0.25, 0.3) is 66.0 Å². The molecule has 8 aromatic carbocycles. The summed E-state index contributed by atoms with van der Waals surface area (Å²) in [4.78, 5) is 4.79. The summed E-state index contributed by atoms with van der Waals surface area (Å²) in [5, 5.41) is 4.72. The van der Waals surface area contributed by atoms with Gasteiger partial charge in [-0.25, -0.2) is 0 Å². The predicted molar refractivity (Wildman–Crippen MR) is 242 cm³/mol. The van der Waals surface area contributed by atoms with Crippen LogP contribution in [0.5, 0.6) is 11.5 Å². The summed E-state index contributed by atoms with van der Waals surface area (Å²) in [6.45, 7) is 6.73. The van der Waals surface area contributed by atoms with Crippen molar-refractivity contribution in [1.29, 1.82) is 0 Å². The Bertz CT molecular complexity index is 3410. The molecule has 0 spiro atoms. The van der Waals surface area contributed by atoms with Gasteiger partial charge in [0, 0.05) is 38.8 Å². The normalized spacial score (nSPS) is 13.8. The van der Waals surface area contributed by atoms with Crippen LogP contribution in [0.15, 0.2) is 172 Å². The number of benzene rings is 8. The molecule has 13 rings (SSSR count). The number of nitrogens with zero attached hydrogens (tertiary/aromatic N) is 2. The fourth-order valence-electron chi connectivity index (χ4n) is 9.96. The van der Waals surface area contributed by atoms with Crippen molar-refractivity contribution in [3.63, 3.8) is 0 Å². The summed E-state index contributed by atoms with van der Waals surface area (Å²) in [5.41, 5.74) is 16.3. The summed E-state index contributed by atoms with van der Waals surface area (Å²) in [5.74, 6) is 1.78. The first kappa shape index (κ1) is 32.5. The number of furan rings is 1. The largest absolute Gasteiger partial charge is 0.455 e. The van der Waals surface area contributed by atoms with Gasteiger partial charge in [-0.05, 0) is 104 Å². The quantitative estimate of drug-likeness (QED) is 0.164. The highest BCUT2D eigenvalue weighted by atomic mass is 32.2. The van der Waals surface area contributed by atoms with E-state index in [9.17, 15) is 0 Å². The van der Waals surface area contributed by atoms with Crippen molar-refractivity contribution in [2.24, 2.45) is 0 Å². The zero-order valence-corrected chi connectivity index (χ0v) is 33.0. The Morgan fingerprint density at radius 2 is 1.34 bits per heavy atom. The van der Waals surface area contributed by atoms with E-state index in [1.165, 1.54) is 60.7 Å². The molecule has 0 bridgehead atoms. The van der Waals surface area contributed by atoms with E-state index < -0.39 is 0 Å². The van der Waals surface area contributed by atoms with Gasteiger partial charge in [0.2, 0.25) is 0 Å². The van der Waals surface area contributed by atoms with Crippen LogP contribution < -0.4 is 20.6 Å². The third kappa shape index (κ3) is 4.33. The first-order valence-corrected chi connectivity index (χ1v) is 20.9. The van der Waals surface area contributed by atoms with Gasteiger partial charge >= 0.3 is 6.85 Å². The molecule has 0 fully saturated rings. The molecule has 6 heteroatoms. The maximum absolute atomic E-state index is 6.83. The van der Waals surface area contributed by atoms with Gasteiger partial charge in [-0.1, -0.05) is 130 Å². The minimum absolute atomic E-state index is 0.0300. The lowest BCUT2D eigenvalue weighted by molar-refractivity contribution is 0.455. The van der Waals surface area contributed by atoms with Gasteiger partial charge in [0.15, 0.2) is 5.58 Å². The fraction of sp³-hybridized carbons (Fsp3) is 0.0769. The number of hydrogen-bond acceptors (Lipinski definition) is 4. The minimum atomic E-state index is -0.165. The Morgan fingerprint density at radius 3 is 2.22 bits per heavy atom.